The van der Waals surface area contributed by atoms with Crippen molar-refractivity contribution in [1.82, 2.24) is 10.3 Å². The number of thiazole rings is 1. The van der Waals surface area contributed by atoms with Crippen LogP contribution < -0.4 is 5.32 Å². The summed E-state index contributed by atoms with van der Waals surface area (Å²) >= 11 is 3.77. The number of hydrogen-bond donors (Lipinski definition) is 1. The smallest absolute Gasteiger partial charge is 0.103 e. The fourth-order valence-electron chi connectivity index (χ4n) is 2.26. The highest BCUT2D eigenvalue weighted by atomic mass is 32.2. The predicted molar refractivity (Wildman–Crippen MR) is 95.1 cm³/mol. The molecule has 4 heteroatoms. The van der Waals surface area contributed by atoms with Crippen molar-refractivity contribution >= 4 is 23.1 Å². The Morgan fingerprint density at radius 1 is 1.24 bits per heavy atom. The molecule has 0 radical (unpaired) electrons. The van der Waals surface area contributed by atoms with Gasteiger partial charge >= 0.3 is 0 Å². The second-order valence-electron chi connectivity index (χ2n) is 5.01. The van der Waals surface area contributed by atoms with Crippen LogP contribution >= 0.6 is 23.1 Å². The summed E-state index contributed by atoms with van der Waals surface area (Å²) in [6.45, 7) is 5.36. The highest BCUT2D eigenvalue weighted by Gasteiger charge is 2.13. The molecule has 1 heterocycles. The SMILES string of the molecule is CCCSCc1nc(CC(NCC)c2ccccc2)cs1. The molecule has 0 saturated heterocycles. The summed E-state index contributed by atoms with van der Waals surface area (Å²) in [5.74, 6) is 2.27. The largest absolute Gasteiger partial charge is 0.310 e. The number of hydrogen-bond acceptors (Lipinski definition) is 4. The monoisotopic (exact) mass is 320 g/mol. The van der Waals surface area contributed by atoms with Crippen LogP contribution in [0, 0.1) is 0 Å². The molecule has 0 spiro atoms. The van der Waals surface area contributed by atoms with Crippen molar-refractivity contribution in [2.75, 3.05) is 12.3 Å². The molecule has 0 fully saturated rings. The molecule has 0 aliphatic heterocycles. The van der Waals surface area contributed by atoms with Gasteiger partial charge in [0.05, 0.1) is 5.69 Å². The molecule has 1 N–H and O–H groups in total. The zero-order valence-electron chi connectivity index (χ0n) is 12.8. The van der Waals surface area contributed by atoms with Crippen LogP contribution in [-0.4, -0.2) is 17.3 Å². The van der Waals surface area contributed by atoms with E-state index in [0.29, 0.717) is 6.04 Å². The number of thioether (sulfide) groups is 1. The molecule has 0 aliphatic carbocycles. The van der Waals surface area contributed by atoms with Crippen LogP contribution in [0.25, 0.3) is 0 Å². The lowest BCUT2D eigenvalue weighted by Crippen LogP contribution is -2.23. The van der Waals surface area contributed by atoms with Crippen molar-refractivity contribution in [1.29, 1.82) is 0 Å². The minimum absolute atomic E-state index is 0.356. The fraction of sp³-hybridized carbons (Fsp3) is 0.471. The summed E-state index contributed by atoms with van der Waals surface area (Å²) in [6, 6.07) is 11.0. The Hall–Kier alpha value is -0.840. The van der Waals surface area contributed by atoms with Crippen LogP contribution in [0.4, 0.5) is 0 Å². The van der Waals surface area contributed by atoms with E-state index in [-0.39, 0.29) is 0 Å². The van der Waals surface area contributed by atoms with Crippen molar-refractivity contribution in [3.63, 3.8) is 0 Å². The molecule has 2 aromatic rings. The fourth-order valence-corrected chi connectivity index (χ4v) is 4.05. The van der Waals surface area contributed by atoms with Gasteiger partial charge in [0.1, 0.15) is 5.01 Å². The Bertz CT molecular complexity index is 511. The van der Waals surface area contributed by atoms with Gasteiger partial charge in [-0.25, -0.2) is 4.98 Å². The molecule has 21 heavy (non-hydrogen) atoms. The topological polar surface area (TPSA) is 24.9 Å². The highest BCUT2D eigenvalue weighted by molar-refractivity contribution is 7.98. The van der Waals surface area contributed by atoms with E-state index < -0.39 is 0 Å². The number of rotatable bonds is 9. The van der Waals surface area contributed by atoms with E-state index in [2.05, 4.69) is 54.9 Å². The Morgan fingerprint density at radius 2 is 2.05 bits per heavy atom. The normalized spacial score (nSPS) is 12.5. The lowest BCUT2D eigenvalue weighted by molar-refractivity contribution is 0.545. The van der Waals surface area contributed by atoms with Crippen molar-refractivity contribution in [3.8, 4) is 0 Å². The molecule has 0 saturated carbocycles. The molecule has 1 aromatic carbocycles. The van der Waals surface area contributed by atoms with Crippen LogP contribution in [0.15, 0.2) is 35.7 Å². The molecule has 1 aromatic heterocycles. The Labute approximate surface area is 136 Å². The van der Waals surface area contributed by atoms with E-state index in [1.165, 1.54) is 28.4 Å². The molecular weight excluding hydrogens is 296 g/mol. The van der Waals surface area contributed by atoms with Gasteiger partial charge in [0.2, 0.25) is 0 Å². The van der Waals surface area contributed by atoms with Gasteiger partial charge in [-0.1, -0.05) is 44.2 Å². The average Bonchev–Trinajstić information content (AvgIpc) is 2.96. The number of nitrogens with one attached hydrogen (secondary N) is 1. The quantitative estimate of drug-likeness (QED) is 0.679. The molecule has 0 amide bonds. The van der Waals surface area contributed by atoms with Gasteiger partial charge in [0, 0.05) is 23.6 Å². The minimum atomic E-state index is 0.356. The molecule has 0 aliphatic rings. The minimum Gasteiger partial charge on any atom is -0.310 e. The first kappa shape index (κ1) is 16.5. The van der Waals surface area contributed by atoms with Gasteiger partial charge < -0.3 is 5.32 Å². The van der Waals surface area contributed by atoms with E-state index in [9.17, 15) is 0 Å². The van der Waals surface area contributed by atoms with Crippen LogP contribution in [-0.2, 0) is 12.2 Å². The molecule has 2 rings (SSSR count). The van der Waals surface area contributed by atoms with E-state index in [1.54, 1.807) is 11.3 Å². The first-order valence-electron chi connectivity index (χ1n) is 7.62. The maximum atomic E-state index is 4.79. The van der Waals surface area contributed by atoms with Gasteiger partial charge in [-0.15, -0.1) is 11.3 Å². The van der Waals surface area contributed by atoms with E-state index in [0.717, 1.165) is 18.7 Å². The zero-order chi connectivity index (χ0) is 14.9. The summed E-state index contributed by atoms with van der Waals surface area (Å²) < 4.78 is 0. The van der Waals surface area contributed by atoms with E-state index in [4.69, 9.17) is 4.98 Å². The molecule has 1 unspecified atom stereocenters. The number of likely N-dealkylation sites (N-methyl/N-ethyl adjacent to an activating group) is 1. The second-order valence-corrected chi connectivity index (χ2v) is 7.06. The van der Waals surface area contributed by atoms with Crippen LogP contribution in [0.1, 0.15) is 42.6 Å². The summed E-state index contributed by atoms with van der Waals surface area (Å²) in [5, 5.41) is 7.04. The van der Waals surface area contributed by atoms with Crippen LogP contribution in [0.3, 0.4) is 0 Å². The van der Waals surface area contributed by atoms with E-state index >= 15 is 0 Å². The van der Waals surface area contributed by atoms with Crippen molar-refractivity contribution in [2.45, 2.75) is 38.5 Å². The third kappa shape index (κ3) is 5.46. The number of benzene rings is 1. The first-order valence-corrected chi connectivity index (χ1v) is 9.66. The Morgan fingerprint density at radius 3 is 2.76 bits per heavy atom. The Balaban J connectivity index is 1.97. The molecule has 1 atom stereocenters. The average molecular weight is 321 g/mol. The summed E-state index contributed by atoms with van der Waals surface area (Å²) in [5.41, 5.74) is 2.55. The number of aromatic nitrogens is 1. The summed E-state index contributed by atoms with van der Waals surface area (Å²) in [7, 11) is 0. The third-order valence-corrected chi connectivity index (χ3v) is 5.49. The number of nitrogens with zero attached hydrogens (tertiary/aromatic N) is 1. The highest BCUT2D eigenvalue weighted by Crippen LogP contribution is 2.22. The molecule has 2 nitrogen and oxygen atoms in total. The van der Waals surface area contributed by atoms with Crippen molar-refractivity contribution in [2.24, 2.45) is 0 Å². The molecule has 0 bridgehead atoms. The predicted octanol–water partition coefficient (Wildman–Crippen LogP) is 4.68. The van der Waals surface area contributed by atoms with Crippen LogP contribution in [0.2, 0.25) is 0 Å². The first-order chi connectivity index (χ1) is 10.3. The molecular formula is C17H24N2S2. The van der Waals surface area contributed by atoms with Crippen LogP contribution in [0.5, 0.6) is 0 Å². The molecule has 114 valence electrons. The second kappa shape index (κ2) is 9.23. The van der Waals surface area contributed by atoms with Gasteiger partial charge in [-0.05, 0) is 24.3 Å². The maximum absolute atomic E-state index is 4.79. The van der Waals surface area contributed by atoms with Crippen molar-refractivity contribution < 1.29 is 0 Å². The third-order valence-electron chi connectivity index (χ3n) is 3.24. The lowest BCUT2D eigenvalue weighted by atomic mass is 10.0. The van der Waals surface area contributed by atoms with Gasteiger partial charge in [0.25, 0.3) is 0 Å². The van der Waals surface area contributed by atoms with E-state index in [1.807, 2.05) is 11.8 Å². The summed E-state index contributed by atoms with van der Waals surface area (Å²) in [6.07, 6.45) is 2.20. The standard InChI is InChI=1S/C17H24N2S2/c1-3-10-20-13-17-19-15(12-21-17)11-16(18-4-2)14-8-6-5-7-9-14/h5-9,12,16,18H,3-4,10-11,13H2,1-2H3. The summed E-state index contributed by atoms with van der Waals surface area (Å²) in [4.78, 5) is 4.79. The maximum Gasteiger partial charge on any atom is 0.103 e. The van der Waals surface area contributed by atoms with Gasteiger partial charge in [-0.2, -0.15) is 11.8 Å². The van der Waals surface area contributed by atoms with Gasteiger partial charge in [-0.3, -0.25) is 0 Å². The lowest BCUT2D eigenvalue weighted by Gasteiger charge is -2.17. The zero-order valence-corrected chi connectivity index (χ0v) is 14.5. The van der Waals surface area contributed by atoms with Crippen molar-refractivity contribution in [3.05, 3.63) is 52.0 Å². The van der Waals surface area contributed by atoms with Gasteiger partial charge in [0.15, 0.2) is 0 Å². The Kier molecular flexibility index (Phi) is 7.27.